The number of hydrogen-bond donors (Lipinski definition) is 0. The Morgan fingerprint density at radius 1 is 1.03 bits per heavy atom. The van der Waals surface area contributed by atoms with Gasteiger partial charge >= 0.3 is 6.09 Å². The Balaban J connectivity index is 1.31. The maximum Gasteiger partial charge on any atom is 0.419 e. The Bertz CT molecular complexity index is 1510. The molecule has 1 amide bonds. The third kappa shape index (κ3) is 5.34. The highest BCUT2D eigenvalue weighted by Gasteiger charge is 2.32. The first-order chi connectivity index (χ1) is 18.3. The number of amides is 1. The maximum absolute atomic E-state index is 14.0. The quantitative estimate of drug-likeness (QED) is 0.215. The number of nitrogens with zero attached hydrogens (tertiary/aromatic N) is 3. The van der Waals surface area contributed by atoms with E-state index in [4.69, 9.17) is 9.47 Å². The van der Waals surface area contributed by atoms with Crippen LogP contribution >= 0.6 is 0 Å². The Labute approximate surface area is 217 Å². The minimum atomic E-state index is -0.738. The van der Waals surface area contributed by atoms with Crippen molar-refractivity contribution in [2.24, 2.45) is 5.92 Å². The molecule has 1 fully saturated rings. The molecule has 9 nitrogen and oxygen atoms in total. The topological polar surface area (TPSA) is 104 Å². The van der Waals surface area contributed by atoms with Crippen LogP contribution in [0.5, 0.6) is 5.75 Å². The lowest BCUT2D eigenvalue weighted by Gasteiger charge is -2.17. The fourth-order valence-electron chi connectivity index (χ4n) is 4.13. The van der Waals surface area contributed by atoms with Gasteiger partial charge in [0.05, 0.1) is 16.1 Å². The summed E-state index contributed by atoms with van der Waals surface area (Å²) < 4.78 is 26.6. The van der Waals surface area contributed by atoms with Crippen molar-refractivity contribution in [2.45, 2.75) is 26.1 Å². The van der Waals surface area contributed by atoms with E-state index in [1.54, 1.807) is 48.3 Å². The van der Waals surface area contributed by atoms with Crippen molar-refractivity contribution in [1.29, 1.82) is 0 Å². The second-order valence-electron chi connectivity index (χ2n) is 9.11. The molecule has 3 aromatic carbocycles. The summed E-state index contributed by atoms with van der Waals surface area (Å²) in [5.74, 6) is 0.238. The number of anilines is 1. The summed E-state index contributed by atoms with van der Waals surface area (Å²) in [5, 5.41) is 11.5. The van der Waals surface area contributed by atoms with E-state index in [9.17, 15) is 24.1 Å². The summed E-state index contributed by atoms with van der Waals surface area (Å²) in [6.07, 6.45) is 1.12. The van der Waals surface area contributed by atoms with Gasteiger partial charge in [0.15, 0.2) is 0 Å². The summed E-state index contributed by atoms with van der Waals surface area (Å²) in [4.78, 5) is 37.3. The van der Waals surface area contributed by atoms with E-state index in [0.29, 0.717) is 27.9 Å². The molecule has 0 bridgehead atoms. The number of non-ortho nitro benzene ring substituents is 1. The van der Waals surface area contributed by atoms with E-state index >= 15 is 0 Å². The van der Waals surface area contributed by atoms with Gasteiger partial charge < -0.3 is 14.4 Å². The Morgan fingerprint density at radius 2 is 1.74 bits per heavy atom. The van der Waals surface area contributed by atoms with Gasteiger partial charge in [-0.3, -0.25) is 14.9 Å². The molecule has 1 aliphatic carbocycles. The zero-order valence-electron chi connectivity index (χ0n) is 20.5. The van der Waals surface area contributed by atoms with Crippen LogP contribution in [0.2, 0.25) is 0 Å². The molecule has 10 heteroatoms. The van der Waals surface area contributed by atoms with Crippen LogP contribution in [0, 0.1) is 21.8 Å². The van der Waals surface area contributed by atoms with Gasteiger partial charge in [0.2, 0.25) is 5.91 Å². The van der Waals surface area contributed by atoms with Crippen molar-refractivity contribution in [2.75, 3.05) is 11.9 Å². The first kappa shape index (κ1) is 24.9. The fourth-order valence-corrected chi connectivity index (χ4v) is 4.13. The van der Waals surface area contributed by atoms with Crippen molar-refractivity contribution in [3.8, 4) is 5.75 Å². The summed E-state index contributed by atoms with van der Waals surface area (Å²) in [7, 11) is 1.75. The minimum Gasteiger partial charge on any atom is -0.487 e. The standard InChI is InChI=1S/C28H24FN3O6/c1-30(27(33)19-4-5-19)22-10-12-25(13-11-22)37-17-24-14-20-6-7-21(29)15-26(20)31(24)28(34)38-16-18-2-8-23(9-3-18)32(35)36/h2-3,6-15,19H,4-5,16-17H2,1H3. The summed E-state index contributed by atoms with van der Waals surface area (Å²) in [6, 6.07) is 18.6. The first-order valence-corrected chi connectivity index (χ1v) is 12.0. The highest BCUT2D eigenvalue weighted by atomic mass is 19.1. The van der Waals surface area contributed by atoms with Crippen molar-refractivity contribution in [3.05, 3.63) is 100.0 Å². The van der Waals surface area contributed by atoms with Crippen molar-refractivity contribution >= 4 is 34.3 Å². The monoisotopic (exact) mass is 517 g/mol. The molecule has 0 radical (unpaired) electrons. The molecule has 1 saturated carbocycles. The maximum atomic E-state index is 14.0. The van der Waals surface area contributed by atoms with Gasteiger partial charge in [-0.25, -0.2) is 13.8 Å². The SMILES string of the molecule is CN(C(=O)C1CC1)c1ccc(OCc2cc3ccc(F)cc3n2C(=O)OCc2ccc([N+](=O)[O-])cc2)cc1. The Morgan fingerprint density at radius 3 is 2.39 bits per heavy atom. The Hall–Kier alpha value is -4.73. The Kier molecular flexibility index (Phi) is 6.78. The van der Waals surface area contributed by atoms with Crippen LogP contribution in [0.25, 0.3) is 10.9 Å². The third-order valence-electron chi connectivity index (χ3n) is 6.40. The van der Waals surface area contributed by atoms with E-state index in [-0.39, 0.29) is 30.7 Å². The number of rotatable bonds is 8. The summed E-state index contributed by atoms with van der Waals surface area (Å²) in [5.41, 5.74) is 2.03. The smallest absolute Gasteiger partial charge is 0.419 e. The lowest BCUT2D eigenvalue weighted by atomic mass is 10.2. The molecular weight excluding hydrogens is 493 g/mol. The van der Waals surface area contributed by atoms with E-state index in [1.807, 2.05) is 0 Å². The number of halogens is 1. The molecule has 0 aliphatic heterocycles. The van der Waals surface area contributed by atoms with E-state index in [0.717, 1.165) is 18.5 Å². The minimum absolute atomic E-state index is 0.000872. The van der Waals surface area contributed by atoms with Gasteiger partial charge in [0, 0.05) is 36.2 Å². The fraction of sp³-hybridized carbons (Fsp3) is 0.214. The molecule has 1 aliphatic rings. The molecule has 1 heterocycles. The summed E-state index contributed by atoms with van der Waals surface area (Å²) >= 11 is 0. The lowest BCUT2D eigenvalue weighted by molar-refractivity contribution is -0.384. The van der Waals surface area contributed by atoms with Crippen molar-refractivity contribution < 1.29 is 28.4 Å². The second-order valence-corrected chi connectivity index (χ2v) is 9.11. The zero-order valence-corrected chi connectivity index (χ0v) is 20.5. The van der Waals surface area contributed by atoms with Crippen LogP contribution < -0.4 is 9.64 Å². The van der Waals surface area contributed by atoms with Gasteiger partial charge in [-0.1, -0.05) is 0 Å². The van der Waals surface area contributed by atoms with Crippen LogP contribution in [0.15, 0.2) is 72.8 Å². The van der Waals surface area contributed by atoms with Crippen LogP contribution in [-0.2, 0) is 22.7 Å². The average Bonchev–Trinajstić information content (AvgIpc) is 3.71. The number of carbonyl (C=O) groups is 2. The predicted octanol–water partition coefficient (Wildman–Crippen LogP) is 5.83. The van der Waals surface area contributed by atoms with Gasteiger partial charge in [-0.15, -0.1) is 0 Å². The predicted molar refractivity (Wildman–Crippen MR) is 137 cm³/mol. The van der Waals surface area contributed by atoms with Crippen LogP contribution in [0.1, 0.15) is 24.1 Å². The van der Waals surface area contributed by atoms with Gasteiger partial charge in [0.1, 0.15) is 24.8 Å². The zero-order chi connectivity index (χ0) is 26.8. The number of nitro groups is 1. The van der Waals surface area contributed by atoms with Crippen LogP contribution in [0.4, 0.5) is 20.6 Å². The van der Waals surface area contributed by atoms with Gasteiger partial charge in [-0.2, -0.15) is 0 Å². The van der Waals surface area contributed by atoms with E-state index in [1.165, 1.54) is 41.0 Å². The molecule has 0 atom stereocenters. The molecule has 4 aromatic rings. The number of benzene rings is 3. The van der Waals surface area contributed by atoms with Crippen LogP contribution in [0.3, 0.4) is 0 Å². The molecule has 5 rings (SSSR count). The highest BCUT2D eigenvalue weighted by Crippen LogP contribution is 2.32. The normalized spacial score (nSPS) is 12.8. The average molecular weight is 518 g/mol. The second kappa shape index (κ2) is 10.3. The molecule has 0 spiro atoms. The lowest BCUT2D eigenvalue weighted by Crippen LogP contribution is -2.27. The molecule has 0 saturated heterocycles. The largest absolute Gasteiger partial charge is 0.487 e. The molecule has 194 valence electrons. The molecule has 0 N–H and O–H groups in total. The van der Waals surface area contributed by atoms with Crippen molar-refractivity contribution in [3.63, 3.8) is 0 Å². The first-order valence-electron chi connectivity index (χ1n) is 12.0. The van der Waals surface area contributed by atoms with Crippen molar-refractivity contribution in [1.82, 2.24) is 4.57 Å². The third-order valence-corrected chi connectivity index (χ3v) is 6.40. The molecule has 0 unspecified atom stereocenters. The van der Waals surface area contributed by atoms with E-state index in [2.05, 4.69) is 0 Å². The number of hydrogen-bond acceptors (Lipinski definition) is 6. The number of fused-ring (bicyclic) bond motifs is 1. The van der Waals surface area contributed by atoms with E-state index < -0.39 is 16.8 Å². The molecule has 38 heavy (non-hydrogen) atoms. The van der Waals surface area contributed by atoms with Crippen LogP contribution in [-0.4, -0.2) is 28.5 Å². The van der Waals surface area contributed by atoms with Gasteiger partial charge in [-0.05, 0) is 79.1 Å². The number of aromatic nitrogens is 1. The number of ether oxygens (including phenoxy) is 2. The summed E-state index contributed by atoms with van der Waals surface area (Å²) in [6.45, 7) is -0.125. The molecular formula is C28H24FN3O6. The highest BCUT2D eigenvalue weighted by molar-refractivity contribution is 5.96. The number of carbonyl (C=O) groups excluding carboxylic acids is 2. The van der Waals surface area contributed by atoms with Gasteiger partial charge in [0.25, 0.3) is 5.69 Å². The molecule has 1 aromatic heterocycles. The number of nitro benzene ring substituents is 1.